The van der Waals surface area contributed by atoms with E-state index in [0.717, 1.165) is 41.2 Å². The number of aryl methyl sites for hydroxylation is 1. The molecule has 3 aromatic carbocycles. The van der Waals surface area contributed by atoms with Gasteiger partial charge in [-0.05, 0) is 71.7 Å². The number of hydrogen-bond donors (Lipinski definition) is 2. The normalized spacial score (nSPS) is 17.7. The Labute approximate surface area is 195 Å². The first-order valence-electron chi connectivity index (χ1n) is 11.2. The number of hydrogen-bond acceptors (Lipinski definition) is 2. The average Bonchev–Trinajstić information content (AvgIpc) is 2.83. The molecule has 0 amide bonds. The van der Waals surface area contributed by atoms with Crippen LogP contribution in [0.1, 0.15) is 41.1 Å². The third kappa shape index (κ3) is 3.87. The largest absolute Gasteiger partial charge is 0.397 e. The Morgan fingerprint density at radius 3 is 2.62 bits per heavy atom. The molecule has 2 aliphatic carbocycles. The minimum Gasteiger partial charge on any atom is -0.397 e. The van der Waals surface area contributed by atoms with E-state index in [0.29, 0.717) is 0 Å². The molecule has 0 aliphatic heterocycles. The SMILES string of the molecule is Cc1ccccc1/C(NC1Cc2ccc(Cl)cc2-c2ccccc21)=C(/N)C1=CC=CCC1. The van der Waals surface area contributed by atoms with Crippen molar-refractivity contribution in [3.05, 3.63) is 124 Å². The highest BCUT2D eigenvalue weighted by Crippen LogP contribution is 2.41. The molecule has 0 fully saturated rings. The summed E-state index contributed by atoms with van der Waals surface area (Å²) in [5, 5.41) is 4.65. The van der Waals surface area contributed by atoms with Gasteiger partial charge in [0.2, 0.25) is 0 Å². The van der Waals surface area contributed by atoms with Crippen molar-refractivity contribution in [2.75, 3.05) is 0 Å². The molecule has 0 aromatic heterocycles. The van der Waals surface area contributed by atoms with E-state index < -0.39 is 0 Å². The highest BCUT2D eigenvalue weighted by Gasteiger charge is 2.26. The smallest absolute Gasteiger partial charge is 0.0657 e. The number of nitrogens with two attached hydrogens (primary N) is 1. The molecule has 3 N–H and O–H groups in total. The van der Waals surface area contributed by atoms with Crippen LogP contribution in [0, 0.1) is 6.92 Å². The van der Waals surface area contributed by atoms with Crippen molar-refractivity contribution in [2.24, 2.45) is 5.73 Å². The Balaban J connectivity index is 1.62. The number of allylic oxidation sites excluding steroid dienone is 4. The fourth-order valence-corrected chi connectivity index (χ4v) is 4.97. The molecule has 2 aliphatic rings. The molecule has 3 aromatic rings. The standard InChI is InChI=1S/C29H27ClN2/c1-19-9-5-6-12-23(19)29(28(31)20-10-3-2-4-11-20)32-27-17-21-15-16-22(30)18-26(21)24-13-7-8-14-25(24)27/h2-3,5-10,12-16,18,27,32H,4,11,17,31H2,1H3/b29-28-. The Morgan fingerprint density at radius 1 is 1.00 bits per heavy atom. The molecule has 0 bridgehead atoms. The van der Waals surface area contributed by atoms with Gasteiger partial charge >= 0.3 is 0 Å². The van der Waals surface area contributed by atoms with Gasteiger partial charge in [-0.1, -0.05) is 84.4 Å². The molecular weight excluding hydrogens is 412 g/mol. The van der Waals surface area contributed by atoms with Gasteiger partial charge in [0.1, 0.15) is 0 Å². The van der Waals surface area contributed by atoms with Gasteiger partial charge in [-0.25, -0.2) is 0 Å². The van der Waals surface area contributed by atoms with Gasteiger partial charge in [0, 0.05) is 10.6 Å². The van der Waals surface area contributed by atoms with E-state index in [2.05, 4.69) is 91.1 Å². The molecule has 0 radical (unpaired) electrons. The Bertz CT molecular complexity index is 1270. The van der Waals surface area contributed by atoms with Gasteiger partial charge in [0.25, 0.3) is 0 Å². The number of benzene rings is 3. The molecule has 5 rings (SSSR count). The summed E-state index contributed by atoms with van der Waals surface area (Å²) in [7, 11) is 0. The minimum atomic E-state index is 0.118. The summed E-state index contributed by atoms with van der Waals surface area (Å²) in [5.41, 5.74) is 17.3. The van der Waals surface area contributed by atoms with E-state index in [1.54, 1.807) is 0 Å². The Hall–Kier alpha value is -3.23. The van der Waals surface area contributed by atoms with Crippen LogP contribution in [0.2, 0.25) is 5.02 Å². The van der Waals surface area contributed by atoms with Crippen molar-refractivity contribution >= 4 is 17.3 Å². The molecule has 0 spiro atoms. The van der Waals surface area contributed by atoms with Crippen LogP contribution >= 0.6 is 11.6 Å². The predicted octanol–water partition coefficient (Wildman–Crippen LogP) is 7.11. The quantitative estimate of drug-likeness (QED) is 0.455. The van der Waals surface area contributed by atoms with Crippen LogP contribution in [0.3, 0.4) is 0 Å². The fraction of sp³-hybridized carbons (Fsp3) is 0.172. The van der Waals surface area contributed by atoms with Crippen LogP contribution in [0.5, 0.6) is 0 Å². The second-order valence-corrected chi connectivity index (χ2v) is 8.99. The van der Waals surface area contributed by atoms with E-state index >= 15 is 0 Å². The number of nitrogens with one attached hydrogen (secondary N) is 1. The summed E-state index contributed by atoms with van der Waals surface area (Å²) < 4.78 is 0. The molecule has 3 heteroatoms. The summed E-state index contributed by atoms with van der Waals surface area (Å²) in [6, 6.07) is 23.4. The maximum atomic E-state index is 6.84. The first-order valence-corrected chi connectivity index (χ1v) is 11.6. The number of fused-ring (bicyclic) bond motifs is 3. The van der Waals surface area contributed by atoms with Gasteiger partial charge in [0.15, 0.2) is 0 Å². The first kappa shape index (κ1) is 20.7. The highest BCUT2D eigenvalue weighted by molar-refractivity contribution is 6.30. The molecule has 0 saturated heterocycles. The van der Waals surface area contributed by atoms with E-state index in [9.17, 15) is 0 Å². The van der Waals surface area contributed by atoms with Gasteiger partial charge in [-0.2, -0.15) is 0 Å². The second-order valence-electron chi connectivity index (χ2n) is 8.55. The van der Waals surface area contributed by atoms with Crippen molar-refractivity contribution in [3.63, 3.8) is 0 Å². The zero-order chi connectivity index (χ0) is 22.1. The van der Waals surface area contributed by atoms with Crippen LogP contribution in [-0.2, 0) is 6.42 Å². The van der Waals surface area contributed by atoms with Crippen LogP contribution in [0.15, 0.2) is 96.2 Å². The van der Waals surface area contributed by atoms with Crippen LogP contribution in [-0.4, -0.2) is 0 Å². The predicted molar refractivity (Wildman–Crippen MR) is 135 cm³/mol. The van der Waals surface area contributed by atoms with Gasteiger partial charge in [-0.15, -0.1) is 0 Å². The van der Waals surface area contributed by atoms with Crippen molar-refractivity contribution in [1.82, 2.24) is 5.32 Å². The van der Waals surface area contributed by atoms with Crippen molar-refractivity contribution < 1.29 is 0 Å². The lowest BCUT2D eigenvalue weighted by molar-refractivity contribution is 0.622. The molecular formula is C29H27ClN2. The summed E-state index contributed by atoms with van der Waals surface area (Å²) >= 11 is 6.34. The second kappa shape index (κ2) is 8.72. The topological polar surface area (TPSA) is 38.0 Å². The van der Waals surface area contributed by atoms with Gasteiger partial charge in [-0.3, -0.25) is 0 Å². The molecule has 0 heterocycles. The van der Waals surface area contributed by atoms with E-state index in [1.807, 2.05) is 6.07 Å². The lowest BCUT2D eigenvalue weighted by atomic mass is 9.82. The number of halogens is 1. The molecule has 0 saturated carbocycles. The lowest BCUT2D eigenvalue weighted by Crippen LogP contribution is -2.28. The molecule has 2 nitrogen and oxygen atoms in total. The third-order valence-corrected chi connectivity index (χ3v) is 6.72. The maximum Gasteiger partial charge on any atom is 0.0657 e. The zero-order valence-corrected chi connectivity index (χ0v) is 19.0. The molecule has 160 valence electrons. The van der Waals surface area contributed by atoms with E-state index in [-0.39, 0.29) is 6.04 Å². The summed E-state index contributed by atoms with van der Waals surface area (Å²) in [6.45, 7) is 2.14. The lowest BCUT2D eigenvalue weighted by Gasteiger charge is -2.31. The van der Waals surface area contributed by atoms with Crippen molar-refractivity contribution in [1.29, 1.82) is 0 Å². The van der Waals surface area contributed by atoms with Crippen molar-refractivity contribution in [3.8, 4) is 11.1 Å². The summed E-state index contributed by atoms with van der Waals surface area (Å²) in [4.78, 5) is 0. The monoisotopic (exact) mass is 438 g/mol. The summed E-state index contributed by atoms with van der Waals surface area (Å²) in [5.74, 6) is 0. The maximum absolute atomic E-state index is 6.84. The van der Waals surface area contributed by atoms with Crippen molar-refractivity contribution in [2.45, 2.75) is 32.2 Å². The van der Waals surface area contributed by atoms with Crippen LogP contribution in [0.25, 0.3) is 16.8 Å². The van der Waals surface area contributed by atoms with Gasteiger partial charge in [0.05, 0.1) is 17.4 Å². The summed E-state index contributed by atoms with van der Waals surface area (Å²) in [6.07, 6.45) is 9.31. The average molecular weight is 439 g/mol. The fourth-order valence-electron chi connectivity index (χ4n) is 4.80. The zero-order valence-electron chi connectivity index (χ0n) is 18.2. The Morgan fingerprint density at radius 2 is 1.81 bits per heavy atom. The highest BCUT2D eigenvalue weighted by atomic mass is 35.5. The van der Waals surface area contributed by atoms with Crippen LogP contribution in [0.4, 0.5) is 0 Å². The number of rotatable bonds is 4. The minimum absolute atomic E-state index is 0.118. The van der Waals surface area contributed by atoms with Gasteiger partial charge < -0.3 is 11.1 Å². The van der Waals surface area contributed by atoms with E-state index in [1.165, 1.54) is 33.4 Å². The third-order valence-electron chi connectivity index (χ3n) is 6.48. The molecule has 32 heavy (non-hydrogen) atoms. The van der Waals surface area contributed by atoms with Crippen LogP contribution < -0.4 is 11.1 Å². The Kier molecular flexibility index (Phi) is 5.63. The molecule has 1 atom stereocenters. The van der Waals surface area contributed by atoms with E-state index in [4.69, 9.17) is 17.3 Å². The first-order chi connectivity index (χ1) is 15.6. The molecule has 1 unspecified atom stereocenters.